The van der Waals surface area contributed by atoms with Gasteiger partial charge in [-0.2, -0.15) is 0 Å². The zero-order valence-corrected chi connectivity index (χ0v) is 15.9. The van der Waals surface area contributed by atoms with Crippen molar-refractivity contribution >= 4 is 23.2 Å². The third-order valence-electron chi connectivity index (χ3n) is 4.20. The fraction of sp³-hybridized carbons (Fsp3) is 0.333. The van der Waals surface area contributed by atoms with Crippen molar-refractivity contribution < 1.29 is 14.3 Å². The summed E-state index contributed by atoms with van der Waals surface area (Å²) in [6, 6.07) is 14.9. The van der Waals surface area contributed by atoms with E-state index in [9.17, 15) is 9.59 Å². The molecular formula is C21H26N2O3. The van der Waals surface area contributed by atoms with Crippen LogP contribution < -0.4 is 15.0 Å². The molecular weight excluding hydrogens is 328 g/mol. The minimum atomic E-state index is -0.644. The van der Waals surface area contributed by atoms with Gasteiger partial charge in [-0.3, -0.25) is 9.59 Å². The Labute approximate surface area is 155 Å². The summed E-state index contributed by atoms with van der Waals surface area (Å²) in [7, 11) is 1.69. The highest BCUT2D eigenvalue weighted by Gasteiger charge is 2.16. The number of anilines is 2. The first-order valence-corrected chi connectivity index (χ1v) is 8.69. The zero-order valence-electron chi connectivity index (χ0n) is 15.9. The smallest absolute Gasteiger partial charge is 0.265 e. The molecule has 0 heterocycles. The molecule has 2 amide bonds. The van der Waals surface area contributed by atoms with Crippen LogP contribution in [0.25, 0.3) is 0 Å². The average molecular weight is 354 g/mol. The fourth-order valence-corrected chi connectivity index (χ4v) is 2.41. The molecule has 0 radical (unpaired) electrons. The molecule has 0 saturated heterocycles. The Morgan fingerprint density at radius 2 is 1.69 bits per heavy atom. The second kappa shape index (κ2) is 8.52. The lowest BCUT2D eigenvalue weighted by Gasteiger charge is -2.18. The summed E-state index contributed by atoms with van der Waals surface area (Å²) < 4.78 is 5.72. The molecule has 0 aliphatic heterocycles. The first-order valence-electron chi connectivity index (χ1n) is 8.69. The highest BCUT2D eigenvalue weighted by Crippen LogP contribution is 2.21. The first kappa shape index (κ1) is 19.5. The predicted molar refractivity (Wildman–Crippen MR) is 105 cm³/mol. The van der Waals surface area contributed by atoms with E-state index in [1.807, 2.05) is 30.3 Å². The molecule has 2 rings (SSSR count). The van der Waals surface area contributed by atoms with E-state index in [2.05, 4.69) is 19.2 Å². The van der Waals surface area contributed by atoms with Crippen molar-refractivity contribution in [2.75, 3.05) is 17.3 Å². The molecule has 0 aliphatic rings. The molecule has 5 nitrogen and oxygen atoms in total. The minimum absolute atomic E-state index is 0.0741. The van der Waals surface area contributed by atoms with Gasteiger partial charge in [0.25, 0.3) is 5.91 Å². The number of ether oxygens (including phenoxy) is 1. The van der Waals surface area contributed by atoms with Crippen LogP contribution in [0.5, 0.6) is 5.75 Å². The standard InChI is InChI=1S/C21H26N2O3/c1-14(2)17-9-11-20(12-10-17)26-15(3)21(25)22-18-7-6-8-19(13-18)23(5)16(4)24/h6-15H,1-5H3,(H,22,25). The minimum Gasteiger partial charge on any atom is -0.481 e. The van der Waals surface area contributed by atoms with Gasteiger partial charge in [0, 0.05) is 25.3 Å². The molecule has 5 heteroatoms. The summed E-state index contributed by atoms with van der Waals surface area (Å²) in [5.41, 5.74) is 2.56. The Morgan fingerprint density at radius 1 is 1.04 bits per heavy atom. The normalized spacial score (nSPS) is 11.8. The number of benzene rings is 2. The Balaban J connectivity index is 2.00. The lowest BCUT2D eigenvalue weighted by atomic mass is 10.0. The Morgan fingerprint density at radius 3 is 2.27 bits per heavy atom. The van der Waals surface area contributed by atoms with E-state index in [4.69, 9.17) is 4.74 Å². The number of nitrogens with zero attached hydrogens (tertiary/aromatic N) is 1. The maximum Gasteiger partial charge on any atom is 0.265 e. The monoisotopic (exact) mass is 354 g/mol. The number of hydrogen-bond donors (Lipinski definition) is 1. The summed E-state index contributed by atoms with van der Waals surface area (Å²) in [5, 5.41) is 2.82. The zero-order chi connectivity index (χ0) is 19.3. The van der Waals surface area contributed by atoms with Crippen molar-refractivity contribution in [2.24, 2.45) is 0 Å². The first-order chi connectivity index (χ1) is 12.3. The molecule has 138 valence electrons. The van der Waals surface area contributed by atoms with Crippen LogP contribution in [-0.4, -0.2) is 25.0 Å². The van der Waals surface area contributed by atoms with Gasteiger partial charge in [-0.25, -0.2) is 0 Å². The van der Waals surface area contributed by atoms with Crippen molar-refractivity contribution in [1.29, 1.82) is 0 Å². The molecule has 1 unspecified atom stereocenters. The molecule has 26 heavy (non-hydrogen) atoms. The molecule has 0 spiro atoms. The molecule has 1 N–H and O–H groups in total. The molecule has 1 atom stereocenters. The van der Waals surface area contributed by atoms with E-state index in [-0.39, 0.29) is 11.8 Å². The van der Waals surface area contributed by atoms with Crippen molar-refractivity contribution in [1.82, 2.24) is 0 Å². The van der Waals surface area contributed by atoms with Crippen LogP contribution >= 0.6 is 0 Å². The van der Waals surface area contributed by atoms with Crippen molar-refractivity contribution in [2.45, 2.75) is 39.7 Å². The number of rotatable bonds is 6. The van der Waals surface area contributed by atoms with Crippen molar-refractivity contribution in [3.05, 3.63) is 54.1 Å². The van der Waals surface area contributed by atoms with Crippen LogP contribution in [0.4, 0.5) is 11.4 Å². The number of hydrogen-bond acceptors (Lipinski definition) is 3. The quantitative estimate of drug-likeness (QED) is 0.846. The Bertz CT molecular complexity index is 769. The van der Waals surface area contributed by atoms with Crippen LogP contribution in [0, 0.1) is 0 Å². The van der Waals surface area contributed by atoms with Crippen LogP contribution in [0.2, 0.25) is 0 Å². The van der Waals surface area contributed by atoms with Gasteiger partial charge in [0.1, 0.15) is 5.75 Å². The molecule has 0 aliphatic carbocycles. The maximum absolute atomic E-state index is 12.4. The van der Waals surface area contributed by atoms with Gasteiger partial charge in [-0.05, 0) is 48.7 Å². The fourth-order valence-electron chi connectivity index (χ4n) is 2.41. The van der Waals surface area contributed by atoms with E-state index in [0.717, 1.165) is 0 Å². The van der Waals surface area contributed by atoms with Crippen LogP contribution in [0.1, 0.15) is 39.2 Å². The van der Waals surface area contributed by atoms with Gasteiger partial charge in [0.15, 0.2) is 6.10 Å². The van der Waals surface area contributed by atoms with Crippen LogP contribution in [0.3, 0.4) is 0 Å². The molecule has 0 aromatic heterocycles. The van der Waals surface area contributed by atoms with E-state index in [1.54, 1.807) is 32.2 Å². The molecule has 0 bridgehead atoms. The van der Waals surface area contributed by atoms with E-state index in [1.165, 1.54) is 17.4 Å². The highest BCUT2D eigenvalue weighted by molar-refractivity contribution is 5.96. The molecule has 0 saturated carbocycles. The number of amides is 2. The largest absolute Gasteiger partial charge is 0.481 e. The third kappa shape index (κ3) is 5.09. The van der Waals surface area contributed by atoms with E-state index < -0.39 is 6.10 Å². The highest BCUT2D eigenvalue weighted by atomic mass is 16.5. The van der Waals surface area contributed by atoms with Gasteiger partial charge in [-0.15, -0.1) is 0 Å². The Hall–Kier alpha value is -2.82. The van der Waals surface area contributed by atoms with Crippen molar-refractivity contribution in [3.63, 3.8) is 0 Å². The van der Waals surface area contributed by atoms with Crippen molar-refractivity contribution in [3.8, 4) is 5.75 Å². The average Bonchev–Trinajstić information content (AvgIpc) is 2.61. The summed E-state index contributed by atoms with van der Waals surface area (Å²) in [5.74, 6) is 0.780. The lowest BCUT2D eigenvalue weighted by molar-refractivity contribution is -0.122. The van der Waals surface area contributed by atoms with Crippen LogP contribution in [0.15, 0.2) is 48.5 Å². The second-order valence-corrected chi connectivity index (χ2v) is 6.60. The predicted octanol–water partition coefficient (Wildman–Crippen LogP) is 4.20. The summed E-state index contributed by atoms with van der Waals surface area (Å²) >= 11 is 0. The van der Waals surface area contributed by atoms with Gasteiger partial charge < -0.3 is 15.0 Å². The maximum atomic E-state index is 12.4. The van der Waals surface area contributed by atoms with Gasteiger partial charge >= 0.3 is 0 Å². The number of nitrogens with one attached hydrogen (secondary N) is 1. The van der Waals surface area contributed by atoms with E-state index in [0.29, 0.717) is 23.0 Å². The molecule has 0 fully saturated rings. The number of carbonyl (C=O) groups is 2. The SMILES string of the molecule is CC(=O)N(C)c1cccc(NC(=O)C(C)Oc2ccc(C(C)C)cc2)c1. The van der Waals surface area contributed by atoms with Gasteiger partial charge in [0.05, 0.1) is 0 Å². The van der Waals surface area contributed by atoms with E-state index >= 15 is 0 Å². The molecule has 2 aromatic carbocycles. The number of carbonyl (C=O) groups excluding carboxylic acids is 2. The second-order valence-electron chi connectivity index (χ2n) is 6.60. The molecule has 2 aromatic rings. The van der Waals surface area contributed by atoms with Gasteiger partial charge in [-0.1, -0.05) is 32.0 Å². The van der Waals surface area contributed by atoms with Gasteiger partial charge in [0.2, 0.25) is 5.91 Å². The topological polar surface area (TPSA) is 58.6 Å². The van der Waals surface area contributed by atoms with Crippen LogP contribution in [-0.2, 0) is 9.59 Å². The lowest BCUT2D eigenvalue weighted by Crippen LogP contribution is -2.30. The summed E-state index contributed by atoms with van der Waals surface area (Å²) in [6.45, 7) is 7.45. The third-order valence-corrected chi connectivity index (χ3v) is 4.20. The summed E-state index contributed by atoms with van der Waals surface area (Å²) in [6.07, 6.45) is -0.644. The Kier molecular flexibility index (Phi) is 6.39. The summed E-state index contributed by atoms with van der Waals surface area (Å²) in [4.78, 5) is 25.4.